The van der Waals surface area contributed by atoms with Crippen LogP contribution in [0.3, 0.4) is 0 Å². The molecule has 2 aromatic heterocycles. The number of carbonyl (C=O) groups excluding carboxylic acids is 2. The molecule has 3 heterocycles. The van der Waals surface area contributed by atoms with E-state index in [1.165, 1.54) is 0 Å². The summed E-state index contributed by atoms with van der Waals surface area (Å²) in [4.78, 5) is 29.5. The van der Waals surface area contributed by atoms with E-state index in [-0.39, 0.29) is 6.04 Å². The largest absolute Gasteiger partial charge is 0.390 e. The summed E-state index contributed by atoms with van der Waals surface area (Å²) in [6.07, 6.45) is -0.690. The summed E-state index contributed by atoms with van der Waals surface area (Å²) in [6.45, 7) is 0. The van der Waals surface area contributed by atoms with Crippen molar-refractivity contribution >= 4 is 67.0 Å². The Morgan fingerprint density at radius 1 is 0.939 bits per heavy atom. The van der Waals surface area contributed by atoms with Gasteiger partial charge in [0.15, 0.2) is 0 Å². The number of halogens is 1. The third kappa shape index (κ3) is 2.31. The van der Waals surface area contributed by atoms with Crippen molar-refractivity contribution in [3.05, 3.63) is 58.6 Å². The minimum atomic E-state index is -0.943. The number of carbonyl (C=O) groups is 2. The lowest BCUT2D eigenvalue weighted by Gasteiger charge is -2.21. The summed E-state index contributed by atoms with van der Waals surface area (Å²) >= 11 is 6.25. The van der Waals surface area contributed by atoms with Gasteiger partial charge in [0, 0.05) is 37.6 Å². The first-order chi connectivity index (χ1) is 16.0. The highest BCUT2D eigenvalue weighted by Gasteiger charge is 2.40. The number of aromatic nitrogens is 2. The quantitative estimate of drug-likeness (QED) is 0.284. The van der Waals surface area contributed by atoms with Crippen molar-refractivity contribution in [1.82, 2.24) is 14.9 Å². The van der Waals surface area contributed by atoms with Crippen molar-refractivity contribution in [3.63, 3.8) is 0 Å². The number of para-hydroxylation sites is 1. The molecule has 1 aliphatic heterocycles. The standard InChI is InChI=1S/C25H18ClN3O4/c26-10-5-6-11-13(9-10)27-21-17(11)19-20(25(33)28-24(19)32)18-12-3-1-2-4-14(12)29(22(18)21)15-7-8-16(30)23(15)31/h1-6,9,15-16,23,27,30-31H,7-8H2,(H,28,32,33)/t15?,16-,23+/m1/s1. The minimum absolute atomic E-state index is 0.348. The molecule has 3 aromatic carbocycles. The Balaban J connectivity index is 1.79. The Morgan fingerprint density at radius 2 is 1.70 bits per heavy atom. The summed E-state index contributed by atoms with van der Waals surface area (Å²) in [5, 5.41) is 27.1. The first-order valence-electron chi connectivity index (χ1n) is 10.9. The summed E-state index contributed by atoms with van der Waals surface area (Å²) in [5.74, 6) is -0.856. The predicted molar refractivity (Wildman–Crippen MR) is 126 cm³/mol. The number of hydrogen-bond acceptors (Lipinski definition) is 4. The lowest BCUT2D eigenvalue weighted by atomic mass is 9.96. The van der Waals surface area contributed by atoms with Gasteiger partial charge in [0.25, 0.3) is 11.8 Å². The van der Waals surface area contributed by atoms with Crippen LogP contribution in [-0.2, 0) is 0 Å². The van der Waals surface area contributed by atoms with Crippen LogP contribution in [0.2, 0.25) is 5.02 Å². The number of benzene rings is 3. The lowest BCUT2D eigenvalue weighted by molar-refractivity contribution is 0.0251. The summed E-state index contributed by atoms with van der Waals surface area (Å²) in [7, 11) is 0. The van der Waals surface area contributed by atoms with Crippen LogP contribution < -0.4 is 5.32 Å². The fourth-order valence-corrected chi connectivity index (χ4v) is 6.04. The first-order valence-corrected chi connectivity index (χ1v) is 11.2. The van der Waals surface area contributed by atoms with Crippen LogP contribution in [0.4, 0.5) is 0 Å². The third-order valence-electron chi connectivity index (χ3n) is 7.22. The predicted octanol–water partition coefficient (Wildman–Crippen LogP) is 4.02. The smallest absolute Gasteiger partial charge is 0.259 e. The molecular formula is C25H18ClN3O4. The maximum atomic E-state index is 13.1. The maximum absolute atomic E-state index is 13.1. The van der Waals surface area contributed by atoms with Crippen LogP contribution in [0.15, 0.2) is 42.5 Å². The van der Waals surface area contributed by atoms with Crippen molar-refractivity contribution in [2.75, 3.05) is 0 Å². The zero-order valence-corrected chi connectivity index (χ0v) is 18.0. The molecule has 33 heavy (non-hydrogen) atoms. The molecule has 1 fully saturated rings. The van der Waals surface area contributed by atoms with Gasteiger partial charge in [-0.05, 0) is 31.0 Å². The molecule has 7 rings (SSSR count). The number of amides is 2. The van der Waals surface area contributed by atoms with Gasteiger partial charge in [0.2, 0.25) is 0 Å². The van der Waals surface area contributed by atoms with Crippen molar-refractivity contribution < 1.29 is 19.8 Å². The Bertz CT molecular complexity index is 1700. The number of fused-ring (bicyclic) bond motifs is 10. The van der Waals surface area contributed by atoms with Gasteiger partial charge in [0.05, 0.1) is 34.3 Å². The molecule has 0 bridgehead atoms. The molecule has 8 heteroatoms. The van der Waals surface area contributed by atoms with Crippen molar-refractivity contribution in [3.8, 4) is 0 Å². The first kappa shape index (κ1) is 19.1. The van der Waals surface area contributed by atoms with E-state index in [9.17, 15) is 19.8 Å². The van der Waals surface area contributed by atoms with E-state index in [0.717, 1.165) is 27.3 Å². The second-order valence-corrected chi connectivity index (χ2v) is 9.35. The zero-order chi connectivity index (χ0) is 22.6. The van der Waals surface area contributed by atoms with E-state index in [0.29, 0.717) is 45.3 Å². The van der Waals surface area contributed by atoms with Gasteiger partial charge in [-0.25, -0.2) is 0 Å². The highest BCUT2D eigenvalue weighted by Crippen LogP contribution is 2.46. The number of aromatic amines is 1. The molecule has 3 atom stereocenters. The third-order valence-corrected chi connectivity index (χ3v) is 7.45. The van der Waals surface area contributed by atoms with Crippen LogP contribution in [-0.4, -0.2) is 43.8 Å². The average molecular weight is 460 g/mol. The fraction of sp³-hybridized carbons (Fsp3) is 0.200. The van der Waals surface area contributed by atoms with Crippen LogP contribution in [0.5, 0.6) is 0 Å². The van der Waals surface area contributed by atoms with Crippen molar-refractivity contribution in [1.29, 1.82) is 0 Å². The number of aliphatic hydroxyl groups excluding tert-OH is 2. The van der Waals surface area contributed by atoms with Gasteiger partial charge >= 0.3 is 0 Å². The summed E-state index contributed by atoms with van der Waals surface area (Å²) < 4.78 is 2.03. The van der Waals surface area contributed by atoms with Gasteiger partial charge in [-0.1, -0.05) is 35.9 Å². The molecule has 1 unspecified atom stereocenters. The average Bonchev–Trinajstić information content (AvgIpc) is 3.50. The topological polar surface area (TPSA) is 107 Å². The van der Waals surface area contributed by atoms with Crippen molar-refractivity contribution in [2.45, 2.75) is 31.1 Å². The van der Waals surface area contributed by atoms with E-state index >= 15 is 0 Å². The highest BCUT2D eigenvalue weighted by molar-refractivity contribution is 6.39. The molecule has 4 N–H and O–H groups in total. The number of rotatable bonds is 1. The van der Waals surface area contributed by atoms with Gasteiger partial charge in [-0.15, -0.1) is 0 Å². The van der Waals surface area contributed by atoms with Gasteiger partial charge < -0.3 is 19.8 Å². The highest BCUT2D eigenvalue weighted by atomic mass is 35.5. The van der Waals surface area contributed by atoms with Crippen LogP contribution in [0.25, 0.3) is 43.6 Å². The van der Waals surface area contributed by atoms with Crippen LogP contribution in [0.1, 0.15) is 39.6 Å². The molecule has 0 spiro atoms. The second-order valence-electron chi connectivity index (χ2n) is 8.91. The van der Waals surface area contributed by atoms with E-state index < -0.39 is 24.0 Å². The Hall–Kier alpha value is -3.39. The number of imide groups is 1. The van der Waals surface area contributed by atoms with Crippen molar-refractivity contribution in [2.24, 2.45) is 0 Å². The minimum Gasteiger partial charge on any atom is -0.390 e. The molecule has 1 saturated carbocycles. The van der Waals surface area contributed by atoms with E-state index in [4.69, 9.17) is 11.6 Å². The number of hydrogen-bond donors (Lipinski definition) is 4. The molecule has 1 aliphatic carbocycles. The normalized spacial score (nSPS) is 22.8. The Kier molecular flexibility index (Phi) is 3.68. The SMILES string of the molecule is O=C1NC(=O)c2c1c1c3ccc(Cl)cc3[nH]c1c1c2c2ccccc2n1C1CC[C@@H](O)[C@H]1O. The maximum Gasteiger partial charge on any atom is 0.259 e. The number of H-pyrrole nitrogens is 1. The Labute approximate surface area is 191 Å². The summed E-state index contributed by atoms with van der Waals surface area (Å²) in [6, 6.07) is 12.7. The second kappa shape index (κ2) is 6.35. The molecule has 2 amide bonds. The van der Waals surface area contributed by atoms with E-state index in [2.05, 4.69) is 10.3 Å². The zero-order valence-electron chi connectivity index (χ0n) is 17.2. The van der Waals surface area contributed by atoms with Crippen LogP contribution >= 0.6 is 11.6 Å². The molecule has 2 aliphatic rings. The molecular weight excluding hydrogens is 442 g/mol. The van der Waals surface area contributed by atoms with E-state index in [1.54, 1.807) is 12.1 Å². The monoisotopic (exact) mass is 459 g/mol. The van der Waals surface area contributed by atoms with Gasteiger partial charge in [0.1, 0.15) is 6.10 Å². The van der Waals surface area contributed by atoms with Crippen LogP contribution in [0, 0.1) is 0 Å². The number of nitrogens with one attached hydrogen (secondary N) is 2. The molecule has 7 nitrogen and oxygen atoms in total. The number of nitrogens with zero attached hydrogens (tertiary/aromatic N) is 1. The number of aliphatic hydroxyl groups is 2. The Morgan fingerprint density at radius 3 is 2.45 bits per heavy atom. The summed E-state index contributed by atoms with van der Waals surface area (Å²) in [5.41, 5.74) is 3.73. The molecule has 5 aromatic rings. The lowest BCUT2D eigenvalue weighted by Crippen LogP contribution is -2.27. The fourth-order valence-electron chi connectivity index (χ4n) is 5.87. The molecule has 164 valence electrons. The molecule has 0 saturated heterocycles. The van der Waals surface area contributed by atoms with E-state index in [1.807, 2.05) is 34.9 Å². The van der Waals surface area contributed by atoms with Gasteiger partial charge in [-0.2, -0.15) is 0 Å². The van der Waals surface area contributed by atoms with Gasteiger partial charge in [-0.3, -0.25) is 14.9 Å². The molecule has 0 radical (unpaired) electrons.